The molecule has 0 aliphatic rings. The van der Waals surface area contributed by atoms with Gasteiger partial charge in [0, 0.05) is 31.0 Å². The highest BCUT2D eigenvalue weighted by Crippen LogP contribution is 2.32. The molecule has 5 aromatic rings. The van der Waals surface area contributed by atoms with Gasteiger partial charge in [0.1, 0.15) is 5.52 Å². The molecule has 0 aliphatic heterocycles. The summed E-state index contributed by atoms with van der Waals surface area (Å²) in [6.45, 7) is 0. The van der Waals surface area contributed by atoms with Crippen LogP contribution < -0.4 is 11.4 Å². The van der Waals surface area contributed by atoms with E-state index in [1.807, 2.05) is 24.3 Å². The summed E-state index contributed by atoms with van der Waals surface area (Å²) in [5.41, 5.74) is 2.78. The minimum Gasteiger partial charge on any atom is -0.334 e. The van der Waals surface area contributed by atoms with Gasteiger partial charge < -0.3 is 5.84 Å². The Morgan fingerprint density at radius 2 is 1.48 bits per heavy atom. The number of nitrogen functional groups attached to an aromatic ring is 1. The van der Waals surface area contributed by atoms with Crippen LogP contribution in [0.15, 0.2) is 76.0 Å². The molecule has 2 N–H and O–H groups in total. The molecule has 0 amide bonds. The first-order valence-electron chi connectivity index (χ1n) is 9.25. The molecule has 0 fully saturated rings. The lowest BCUT2D eigenvalue weighted by Crippen LogP contribution is -2.30. The molecule has 0 unspecified atom stereocenters. The quantitative estimate of drug-likeness (QED) is 0.231. The average molecular weight is 512 g/mol. The van der Waals surface area contributed by atoms with Crippen molar-refractivity contribution in [2.24, 2.45) is 0 Å². The topological polar surface area (TPSA) is 73.8 Å². The van der Waals surface area contributed by atoms with Crippen LogP contribution in [0.4, 0.5) is 0 Å². The van der Waals surface area contributed by atoms with Crippen LogP contribution >= 0.6 is 39.1 Å². The Morgan fingerprint density at radius 1 is 0.839 bits per heavy atom. The third-order valence-corrected chi connectivity index (χ3v) is 6.04. The third kappa shape index (κ3) is 3.47. The lowest BCUT2D eigenvalue weighted by Gasteiger charge is -2.14. The fourth-order valence-electron chi connectivity index (χ4n) is 3.54. The fraction of sp³-hybridized carbons (Fsp3) is 0. The second-order valence-electron chi connectivity index (χ2n) is 6.97. The molecule has 3 aromatic carbocycles. The van der Waals surface area contributed by atoms with Crippen molar-refractivity contribution in [3.63, 3.8) is 0 Å². The van der Waals surface area contributed by atoms with E-state index >= 15 is 0 Å². The van der Waals surface area contributed by atoms with Crippen molar-refractivity contribution >= 4 is 60.9 Å². The van der Waals surface area contributed by atoms with Crippen molar-refractivity contribution in [3.05, 3.63) is 91.6 Å². The second-order valence-corrected chi connectivity index (χ2v) is 8.76. The molecular formula is C23H13BrCl2N4O. The Balaban J connectivity index is 1.95. The first-order chi connectivity index (χ1) is 14.9. The predicted molar refractivity (Wildman–Crippen MR) is 130 cm³/mol. The first kappa shape index (κ1) is 20.0. The molecule has 5 nitrogen and oxygen atoms in total. The van der Waals surface area contributed by atoms with E-state index in [2.05, 4.69) is 15.9 Å². The van der Waals surface area contributed by atoms with E-state index in [1.165, 1.54) is 0 Å². The highest BCUT2D eigenvalue weighted by Gasteiger charge is 2.19. The SMILES string of the molecule is Nn1c(-c2ccc(Cl)cc2)nc2c(-c3ccc(Br)cc3)nc3ccc(Cl)cc3c2c1=O. The van der Waals surface area contributed by atoms with Gasteiger partial charge in [0.2, 0.25) is 0 Å². The molecule has 0 radical (unpaired) electrons. The van der Waals surface area contributed by atoms with E-state index < -0.39 is 0 Å². The summed E-state index contributed by atoms with van der Waals surface area (Å²) in [6.07, 6.45) is 0. The summed E-state index contributed by atoms with van der Waals surface area (Å²) in [4.78, 5) is 23.1. The zero-order chi connectivity index (χ0) is 21.7. The van der Waals surface area contributed by atoms with Crippen LogP contribution in [0.5, 0.6) is 0 Å². The normalized spacial score (nSPS) is 11.3. The van der Waals surface area contributed by atoms with Gasteiger partial charge in [-0.3, -0.25) is 4.79 Å². The maximum Gasteiger partial charge on any atom is 0.280 e. The number of hydrogen-bond acceptors (Lipinski definition) is 4. The molecule has 8 heteroatoms. The Hall–Kier alpha value is -2.93. The lowest BCUT2D eigenvalue weighted by molar-refractivity contribution is 0.928. The van der Waals surface area contributed by atoms with E-state index in [0.717, 1.165) is 14.7 Å². The highest BCUT2D eigenvalue weighted by molar-refractivity contribution is 9.10. The van der Waals surface area contributed by atoms with Crippen molar-refractivity contribution in [2.45, 2.75) is 0 Å². The van der Waals surface area contributed by atoms with E-state index in [9.17, 15) is 4.79 Å². The average Bonchev–Trinajstić information content (AvgIpc) is 2.76. The van der Waals surface area contributed by atoms with Gasteiger partial charge in [-0.15, -0.1) is 0 Å². The molecule has 0 saturated carbocycles. The minimum atomic E-state index is -0.386. The molecule has 5 rings (SSSR count). The van der Waals surface area contributed by atoms with Crippen molar-refractivity contribution in [1.29, 1.82) is 0 Å². The van der Waals surface area contributed by atoms with Gasteiger partial charge in [0.15, 0.2) is 5.82 Å². The molecule has 0 bridgehead atoms. The zero-order valence-corrected chi connectivity index (χ0v) is 18.9. The highest BCUT2D eigenvalue weighted by atomic mass is 79.9. The summed E-state index contributed by atoms with van der Waals surface area (Å²) < 4.78 is 1.99. The van der Waals surface area contributed by atoms with Gasteiger partial charge in [-0.05, 0) is 54.6 Å². The molecule has 2 heterocycles. The number of aromatic nitrogens is 3. The van der Waals surface area contributed by atoms with E-state index in [4.69, 9.17) is 39.0 Å². The molecular weight excluding hydrogens is 499 g/mol. The van der Waals surface area contributed by atoms with Crippen LogP contribution in [0.2, 0.25) is 10.0 Å². The van der Waals surface area contributed by atoms with Crippen LogP contribution in [0.25, 0.3) is 44.5 Å². The van der Waals surface area contributed by atoms with Gasteiger partial charge in [-0.2, -0.15) is 0 Å². The molecule has 0 saturated heterocycles. The van der Waals surface area contributed by atoms with Gasteiger partial charge in [0.05, 0.1) is 16.6 Å². The Labute approximate surface area is 195 Å². The predicted octanol–water partition coefficient (Wildman–Crippen LogP) is 6.06. The molecule has 152 valence electrons. The van der Waals surface area contributed by atoms with Crippen LogP contribution in [0.3, 0.4) is 0 Å². The third-order valence-electron chi connectivity index (χ3n) is 5.02. The van der Waals surface area contributed by atoms with Crippen molar-refractivity contribution in [3.8, 4) is 22.6 Å². The Morgan fingerprint density at radius 3 is 2.19 bits per heavy atom. The number of nitrogens with zero attached hydrogens (tertiary/aromatic N) is 3. The largest absolute Gasteiger partial charge is 0.334 e. The Kier molecular flexibility index (Phi) is 4.93. The lowest BCUT2D eigenvalue weighted by atomic mass is 10.0. The molecule has 0 aliphatic carbocycles. The maximum absolute atomic E-state index is 13.4. The smallest absolute Gasteiger partial charge is 0.280 e. The number of benzene rings is 3. The van der Waals surface area contributed by atoms with E-state index in [0.29, 0.717) is 48.9 Å². The maximum atomic E-state index is 13.4. The van der Waals surface area contributed by atoms with Crippen LogP contribution in [-0.4, -0.2) is 14.6 Å². The number of rotatable bonds is 2. The van der Waals surface area contributed by atoms with Crippen molar-refractivity contribution in [1.82, 2.24) is 14.6 Å². The second kappa shape index (κ2) is 7.64. The van der Waals surface area contributed by atoms with Gasteiger partial charge in [0.25, 0.3) is 5.56 Å². The summed E-state index contributed by atoms with van der Waals surface area (Å²) in [7, 11) is 0. The molecule has 31 heavy (non-hydrogen) atoms. The number of hydrogen-bond donors (Lipinski definition) is 1. The van der Waals surface area contributed by atoms with Crippen LogP contribution in [0.1, 0.15) is 0 Å². The monoisotopic (exact) mass is 510 g/mol. The Bertz CT molecular complexity index is 1530. The zero-order valence-electron chi connectivity index (χ0n) is 15.8. The molecule has 2 aromatic heterocycles. The van der Waals surface area contributed by atoms with Gasteiger partial charge in [-0.1, -0.05) is 51.3 Å². The fourth-order valence-corrected chi connectivity index (χ4v) is 4.10. The van der Waals surface area contributed by atoms with Crippen LogP contribution in [-0.2, 0) is 0 Å². The molecule has 0 spiro atoms. The number of nitrogens with two attached hydrogens (primary N) is 1. The number of pyridine rings is 1. The minimum absolute atomic E-state index is 0.315. The number of fused-ring (bicyclic) bond motifs is 3. The van der Waals surface area contributed by atoms with Gasteiger partial charge >= 0.3 is 0 Å². The van der Waals surface area contributed by atoms with Crippen molar-refractivity contribution < 1.29 is 0 Å². The summed E-state index contributed by atoms with van der Waals surface area (Å²) >= 11 is 15.7. The van der Waals surface area contributed by atoms with Gasteiger partial charge in [-0.25, -0.2) is 14.6 Å². The first-order valence-corrected chi connectivity index (χ1v) is 10.8. The van der Waals surface area contributed by atoms with Crippen molar-refractivity contribution in [2.75, 3.05) is 5.84 Å². The summed E-state index contributed by atoms with van der Waals surface area (Å²) in [5.74, 6) is 6.52. The number of halogens is 3. The summed E-state index contributed by atoms with van der Waals surface area (Å²) in [6, 6.07) is 19.9. The standard InChI is InChI=1S/C23H13BrCl2N4O/c24-14-5-1-12(2-6-14)20-21-19(17-11-16(26)9-10-18(17)28-20)23(31)30(27)22(29-21)13-3-7-15(25)8-4-13/h1-11H,27H2. The molecule has 0 atom stereocenters. The van der Waals surface area contributed by atoms with E-state index in [-0.39, 0.29) is 5.56 Å². The van der Waals surface area contributed by atoms with Crippen LogP contribution in [0, 0.1) is 0 Å². The summed E-state index contributed by atoms with van der Waals surface area (Å²) in [5, 5.41) is 2.04. The van der Waals surface area contributed by atoms with E-state index in [1.54, 1.807) is 42.5 Å².